The largest absolute Gasteiger partial charge is 0.303 e. The van der Waals surface area contributed by atoms with Gasteiger partial charge in [-0.2, -0.15) is 4.31 Å². The van der Waals surface area contributed by atoms with Crippen LogP contribution in [0.2, 0.25) is 0 Å². The molecule has 0 spiro atoms. The Hall–Kier alpha value is -1.00. The van der Waals surface area contributed by atoms with Gasteiger partial charge in [0.25, 0.3) is 0 Å². The molecule has 0 unspecified atom stereocenters. The van der Waals surface area contributed by atoms with Crippen molar-refractivity contribution in [1.29, 1.82) is 0 Å². The van der Waals surface area contributed by atoms with Crippen molar-refractivity contribution < 1.29 is 16.8 Å². The van der Waals surface area contributed by atoms with E-state index in [4.69, 9.17) is 0 Å². The van der Waals surface area contributed by atoms with Crippen LogP contribution in [0.4, 0.5) is 0 Å². The lowest BCUT2D eigenvalue weighted by Gasteiger charge is -2.29. The molecule has 2 heterocycles. The zero-order valence-corrected chi connectivity index (χ0v) is 18.8. The maximum Gasteiger partial charge on any atom is 0.243 e. The van der Waals surface area contributed by atoms with Gasteiger partial charge in [-0.15, -0.1) is 0 Å². The van der Waals surface area contributed by atoms with Gasteiger partial charge in [0.05, 0.1) is 9.79 Å². The van der Waals surface area contributed by atoms with E-state index in [-0.39, 0.29) is 15.7 Å². The third-order valence-corrected chi connectivity index (χ3v) is 9.08. The zero-order chi connectivity index (χ0) is 20.9. The number of nitrogens with one attached hydrogen (secondary N) is 1. The molecule has 0 amide bonds. The van der Waals surface area contributed by atoms with Gasteiger partial charge in [0.15, 0.2) is 0 Å². The smallest absolute Gasteiger partial charge is 0.243 e. The fourth-order valence-electron chi connectivity index (χ4n) is 4.03. The lowest BCUT2D eigenvalue weighted by Crippen LogP contribution is -2.38. The van der Waals surface area contributed by atoms with Crippen LogP contribution in [-0.2, 0) is 20.0 Å². The second-order valence-corrected chi connectivity index (χ2v) is 12.0. The topological polar surface area (TPSA) is 86.8 Å². The Bertz CT molecular complexity index is 857. The van der Waals surface area contributed by atoms with Crippen molar-refractivity contribution in [1.82, 2.24) is 13.9 Å². The molecular weight excluding hydrogens is 410 g/mol. The second-order valence-electron chi connectivity index (χ2n) is 8.25. The number of likely N-dealkylation sites (tertiary alicyclic amines) is 1. The Balaban J connectivity index is 1.59. The first kappa shape index (κ1) is 22.7. The Morgan fingerprint density at radius 2 is 1.34 bits per heavy atom. The van der Waals surface area contributed by atoms with E-state index >= 15 is 0 Å². The van der Waals surface area contributed by atoms with Crippen LogP contribution in [0.5, 0.6) is 0 Å². The molecule has 1 aromatic rings. The molecule has 1 N–H and O–H groups in total. The van der Waals surface area contributed by atoms with Gasteiger partial charge in [-0.05, 0) is 69.0 Å². The van der Waals surface area contributed by atoms with E-state index in [1.807, 2.05) is 6.92 Å². The molecule has 0 bridgehead atoms. The van der Waals surface area contributed by atoms with Gasteiger partial charge in [0.1, 0.15) is 0 Å². The number of hydrogen-bond donors (Lipinski definition) is 1. The van der Waals surface area contributed by atoms with Crippen molar-refractivity contribution in [2.24, 2.45) is 5.92 Å². The summed E-state index contributed by atoms with van der Waals surface area (Å²) in [6.07, 6.45) is 6.48. The van der Waals surface area contributed by atoms with E-state index in [0.29, 0.717) is 19.6 Å². The van der Waals surface area contributed by atoms with E-state index in [2.05, 4.69) is 9.62 Å². The maximum absolute atomic E-state index is 12.7. The summed E-state index contributed by atoms with van der Waals surface area (Å²) >= 11 is 0. The molecule has 1 aromatic carbocycles. The number of benzene rings is 1. The number of hydrogen-bond acceptors (Lipinski definition) is 5. The average Bonchev–Trinajstić information content (AvgIpc) is 2.74. The Kier molecular flexibility index (Phi) is 7.72. The van der Waals surface area contributed by atoms with Crippen LogP contribution in [0.1, 0.15) is 45.4 Å². The summed E-state index contributed by atoms with van der Waals surface area (Å²) in [5.74, 6) is 0.210. The van der Waals surface area contributed by atoms with E-state index in [1.165, 1.54) is 47.8 Å². The standard InChI is InChI=1S/C20H33N3O4S2/c1-18(17-22-12-4-2-5-13-22)16-21-28(24,25)19-8-10-20(11-9-19)29(26,27)23-14-6-3-7-15-23/h8-11,18,21H,2-7,12-17H2,1H3/t18-/m1/s1. The zero-order valence-electron chi connectivity index (χ0n) is 17.2. The van der Waals surface area contributed by atoms with Crippen molar-refractivity contribution in [2.45, 2.75) is 55.2 Å². The first-order chi connectivity index (χ1) is 13.8. The average molecular weight is 444 g/mol. The molecule has 2 aliphatic heterocycles. The van der Waals surface area contributed by atoms with Crippen molar-refractivity contribution in [2.75, 3.05) is 39.3 Å². The quantitative estimate of drug-likeness (QED) is 0.666. The van der Waals surface area contributed by atoms with Crippen molar-refractivity contribution in [3.63, 3.8) is 0 Å². The SMILES string of the molecule is C[C@H](CNS(=O)(=O)c1ccc(S(=O)(=O)N2CCCCC2)cc1)CN1CCCCC1. The van der Waals surface area contributed by atoms with Crippen molar-refractivity contribution in [3.05, 3.63) is 24.3 Å². The predicted molar refractivity (Wildman–Crippen MR) is 114 cm³/mol. The molecule has 3 rings (SSSR count). The summed E-state index contributed by atoms with van der Waals surface area (Å²) in [5, 5.41) is 0. The van der Waals surface area contributed by atoms with Gasteiger partial charge in [-0.1, -0.05) is 19.8 Å². The third-order valence-electron chi connectivity index (χ3n) is 5.73. The molecule has 0 aromatic heterocycles. The molecule has 29 heavy (non-hydrogen) atoms. The Labute approximate surface area is 175 Å². The van der Waals surface area contributed by atoms with E-state index in [9.17, 15) is 16.8 Å². The van der Waals surface area contributed by atoms with Crippen LogP contribution in [0, 0.1) is 5.92 Å². The third kappa shape index (κ3) is 6.01. The number of piperidine rings is 2. The molecule has 0 radical (unpaired) electrons. The van der Waals surface area contributed by atoms with Crippen LogP contribution in [0.25, 0.3) is 0 Å². The molecule has 9 heteroatoms. The predicted octanol–water partition coefficient (Wildman–Crippen LogP) is 2.26. The minimum atomic E-state index is -3.66. The maximum atomic E-state index is 12.7. The summed E-state index contributed by atoms with van der Waals surface area (Å²) in [7, 11) is -7.21. The van der Waals surface area contributed by atoms with Gasteiger partial charge in [-0.3, -0.25) is 0 Å². The highest BCUT2D eigenvalue weighted by Gasteiger charge is 2.26. The minimum absolute atomic E-state index is 0.0975. The molecule has 1 atom stereocenters. The molecule has 7 nitrogen and oxygen atoms in total. The highest BCUT2D eigenvalue weighted by atomic mass is 32.2. The lowest BCUT2D eigenvalue weighted by atomic mass is 10.1. The molecule has 2 saturated heterocycles. The summed E-state index contributed by atoms with van der Waals surface area (Å²) in [6, 6.07) is 5.56. The molecule has 2 aliphatic rings. The van der Waals surface area contributed by atoms with Crippen LogP contribution < -0.4 is 4.72 Å². The molecule has 164 valence electrons. The van der Waals surface area contributed by atoms with E-state index in [0.717, 1.165) is 38.9 Å². The van der Waals surface area contributed by atoms with Gasteiger partial charge in [0.2, 0.25) is 20.0 Å². The first-order valence-electron chi connectivity index (χ1n) is 10.6. The number of rotatable bonds is 8. The van der Waals surface area contributed by atoms with Crippen LogP contribution in [-0.4, -0.2) is 65.3 Å². The summed E-state index contributed by atoms with van der Waals surface area (Å²) in [6.45, 7) is 6.53. The number of sulfonamides is 2. The van der Waals surface area contributed by atoms with Crippen LogP contribution >= 0.6 is 0 Å². The normalized spacial score (nSPS) is 21.1. The molecule has 0 aliphatic carbocycles. The fourth-order valence-corrected chi connectivity index (χ4v) is 6.71. The highest BCUT2D eigenvalue weighted by Crippen LogP contribution is 2.22. The Morgan fingerprint density at radius 1 is 0.828 bits per heavy atom. The summed E-state index contributed by atoms with van der Waals surface area (Å²) < 4.78 is 54.8. The lowest BCUT2D eigenvalue weighted by molar-refractivity contribution is 0.201. The number of nitrogens with zero attached hydrogens (tertiary/aromatic N) is 2. The molecular formula is C20H33N3O4S2. The van der Waals surface area contributed by atoms with E-state index < -0.39 is 20.0 Å². The van der Waals surface area contributed by atoms with Crippen LogP contribution in [0.15, 0.2) is 34.1 Å². The summed E-state index contributed by atoms with van der Waals surface area (Å²) in [4.78, 5) is 2.64. The van der Waals surface area contributed by atoms with Crippen molar-refractivity contribution in [3.8, 4) is 0 Å². The van der Waals surface area contributed by atoms with Gasteiger partial charge >= 0.3 is 0 Å². The Morgan fingerprint density at radius 3 is 1.93 bits per heavy atom. The summed E-state index contributed by atoms with van der Waals surface area (Å²) in [5.41, 5.74) is 0. The van der Waals surface area contributed by atoms with Gasteiger partial charge in [0, 0.05) is 26.2 Å². The molecule has 0 saturated carbocycles. The minimum Gasteiger partial charge on any atom is -0.303 e. The van der Waals surface area contributed by atoms with Gasteiger partial charge < -0.3 is 4.90 Å². The molecule has 2 fully saturated rings. The second kappa shape index (κ2) is 9.87. The van der Waals surface area contributed by atoms with Gasteiger partial charge in [-0.25, -0.2) is 21.6 Å². The van der Waals surface area contributed by atoms with Crippen LogP contribution in [0.3, 0.4) is 0 Å². The highest BCUT2D eigenvalue weighted by molar-refractivity contribution is 7.89. The first-order valence-corrected chi connectivity index (χ1v) is 13.5. The monoisotopic (exact) mass is 443 g/mol. The van der Waals surface area contributed by atoms with E-state index in [1.54, 1.807) is 0 Å². The fraction of sp³-hybridized carbons (Fsp3) is 0.700. The van der Waals surface area contributed by atoms with Crippen molar-refractivity contribution >= 4 is 20.0 Å².